The lowest BCUT2D eigenvalue weighted by Crippen LogP contribution is -2.17. The highest BCUT2D eigenvalue weighted by molar-refractivity contribution is 5.70. The first-order chi connectivity index (χ1) is 8.70. The lowest BCUT2D eigenvalue weighted by molar-refractivity contribution is 0.852. The third kappa shape index (κ3) is 3.04. The average molecular weight is 241 g/mol. The highest BCUT2D eigenvalue weighted by Gasteiger charge is 2.06. The molecule has 0 heterocycles. The van der Waals surface area contributed by atoms with Crippen LogP contribution in [0.1, 0.15) is 38.7 Å². The molecule has 1 aliphatic carbocycles. The Bertz CT molecular complexity index is 451. The van der Waals surface area contributed by atoms with Gasteiger partial charge >= 0.3 is 0 Å². The first kappa shape index (κ1) is 12.9. The molecule has 0 spiro atoms. The Kier molecular flexibility index (Phi) is 4.24. The van der Waals surface area contributed by atoms with Gasteiger partial charge in [0.05, 0.1) is 0 Å². The maximum atomic E-state index is 2.31. The molecule has 2 rings (SSSR count). The molecule has 1 heteroatoms. The Morgan fingerprint density at radius 3 is 2.50 bits per heavy atom. The number of nitrogens with zero attached hydrogens (tertiary/aromatic N) is 1. The van der Waals surface area contributed by atoms with Crippen molar-refractivity contribution in [1.29, 1.82) is 0 Å². The zero-order valence-corrected chi connectivity index (χ0v) is 11.7. The normalized spacial score (nSPS) is 15.1. The number of hydrogen-bond donors (Lipinski definition) is 0. The smallest absolute Gasteiger partial charge is 0.0364 e. The molecule has 0 radical (unpaired) electrons. The van der Waals surface area contributed by atoms with Crippen molar-refractivity contribution in [2.45, 2.75) is 33.1 Å². The van der Waals surface area contributed by atoms with Gasteiger partial charge in [-0.05, 0) is 49.5 Å². The quantitative estimate of drug-likeness (QED) is 0.741. The van der Waals surface area contributed by atoms with Crippen LogP contribution in [0.15, 0.2) is 42.0 Å². The lowest BCUT2D eigenvalue weighted by Gasteiger charge is -2.19. The van der Waals surface area contributed by atoms with Crippen LogP contribution < -0.4 is 4.90 Å². The summed E-state index contributed by atoms with van der Waals surface area (Å²) in [6.45, 7) is 5.51. The van der Waals surface area contributed by atoms with Crippen LogP contribution in [0.25, 0.3) is 5.57 Å². The van der Waals surface area contributed by atoms with E-state index in [-0.39, 0.29) is 0 Å². The van der Waals surface area contributed by atoms with Gasteiger partial charge in [0.1, 0.15) is 0 Å². The van der Waals surface area contributed by atoms with Gasteiger partial charge in [-0.25, -0.2) is 0 Å². The zero-order chi connectivity index (χ0) is 13.0. The van der Waals surface area contributed by atoms with Gasteiger partial charge in [0, 0.05) is 19.3 Å². The average Bonchev–Trinajstić information content (AvgIpc) is 2.39. The van der Waals surface area contributed by atoms with E-state index in [1.165, 1.54) is 41.7 Å². The number of allylic oxidation sites excluding steroid dienone is 4. The minimum Gasteiger partial charge on any atom is -0.375 e. The van der Waals surface area contributed by atoms with Crippen molar-refractivity contribution in [3.63, 3.8) is 0 Å². The van der Waals surface area contributed by atoms with Gasteiger partial charge in [-0.15, -0.1) is 0 Å². The van der Waals surface area contributed by atoms with Crippen molar-refractivity contribution in [3.05, 3.63) is 47.6 Å². The first-order valence-corrected chi connectivity index (χ1v) is 6.89. The summed E-state index contributed by atoms with van der Waals surface area (Å²) in [5, 5.41) is 0. The Hall–Kier alpha value is -1.50. The molecule has 0 saturated carbocycles. The van der Waals surface area contributed by atoms with E-state index < -0.39 is 0 Å². The van der Waals surface area contributed by atoms with E-state index >= 15 is 0 Å². The first-order valence-electron chi connectivity index (χ1n) is 6.89. The molecule has 0 bridgehead atoms. The van der Waals surface area contributed by atoms with Gasteiger partial charge in [-0.1, -0.05) is 36.8 Å². The van der Waals surface area contributed by atoms with Crippen molar-refractivity contribution in [2.75, 3.05) is 18.5 Å². The minimum absolute atomic E-state index is 1.11. The second-order valence-electron chi connectivity index (χ2n) is 5.12. The van der Waals surface area contributed by atoms with Crippen molar-refractivity contribution >= 4 is 11.3 Å². The Balaban J connectivity index is 2.15. The topological polar surface area (TPSA) is 3.24 Å². The Labute approximate surface area is 111 Å². The van der Waals surface area contributed by atoms with E-state index in [4.69, 9.17) is 0 Å². The fourth-order valence-electron chi connectivity index (χ4n) is 2.48. The molecular formula is C17H23N. The monoisotopic (exact) mass is 241 g/mol. The number of rotatable bonds is 4. The van der Waals surface area contributed by atoms with Crippen LogP contribution in [0.2, 0.25) is 0 Å². The standard InChI is InChI=1S/C17H23N/c1-4-12-18(3)17-10-8-15(9-11-17)16-7-5-6-14(2)13-16/h6,8-11,13H,4-5,7,12H2,1-3H3. The second-order valence-corrected chi connectivity index (χ2v) is 5.12. The summed E-state index contributed by atoms with van der Waals surface area (Å²) in [4.78, 5) is 2.31. The van der Waals surface area contributed by atoms with E-state index in [0.29, 0.717) is 0 Å². The molecule has 0 unspecified atom stereocenters. The van der Waals surface area contributed by atoms with Gasteiger partial charge in [0.25, 0.3) is 0 Å². The third-order valence-electron chi connectivity index (χ3n) is 3.52. The Morgan fingerprint density at radius 1 is 1.17 bits per heavy atom. The van der Waals surface area contributed by atoms with Crippen LogP contribution in [0.3, 0.4) is 0 Å². The molecule has 0 fully saturated rings. The van der Waals surface area contributed by atoms with E-state index in [1.807, 2.05) is 0 Å². The fraction of sp³-hybridized carbons (Fsp3) is 0.412. The van der Waals surface area contributed by atoms with Crippen molar-refractivity contribution in [1.82, 2.24) is 0 Å². The van der Waals surface area contributed by atoms with Gasteiger partial charge in [-0.3, -0.25) is 0 Å². The summed E-state index contributed by atoms with van der Waals surface area (Å²) in [5.74, 6) is 0. The van der Waals surface area contributed by atoms with Gasteiger partial charge < -0.3 is 4.90 Å². The van der Waals surface area contributed by atoms with Crippen molar-refractivity contribution < 1.29 is 0 Å². The highest BCUT2D eigenvalue weighted by Crippen LogP contribution is 2.27. The molecule has 0 aliphatic heterocycles. The molecule has 0 aromatic heterocycles. The fourth-order valence-corrected chi connectivity index (χ4v) is 2.48. The lowest BCUT2D eigenvalue weighted by atomic mass is 9.94. The molecule has 1 aromatic carbocycles. The molecular weight excluding hydrogens is 218 g/mol. The largest absolute Gasteiger partial charge is 0.375 e. The number of hydrogen-bond acceptors (Lipinski definition) is 1. The van der Waals surface area contributed by atoms with Gasteiger partial charge in [0.15, 0.2) is 0 Å². The summed E-state index contributed by atoms with van der Waals surface area (Å²) in [7, 11) is 2.16. The zero-order valence-electron chi connectivity index (χ0n) is 11.7. The van der Waals surface area contributed by atoms with Gasteiger partial charge in [0.2, 0.25) is 0 Å². The van der Waals surface area contributed by atoms with Crippen molar-refractivity contribution in [3.8, 4) is 0 Å². The molecule has 96 valence electrons. The van der Waals surface area contributed by atoms with Crippen LogP contribution in [-0.4, -0.2) is 13.6 Å². The summed E-state index contributed by atoms with van der Waals surface area (Å²) in [5.41, 5.74) is 5.54. The molecule has 0 saturated heterocycles. The summed E-state index contributed by atoms with van der Waals surface area (Å²) in [6.07, 6.45) is 8.16. The molecule has 18 heavy (non-hydrogen) atoms. The van der Waals surface area contributed by atoms with Gasteiger partial charge in [-0.2, -0.15) is 0 Å². The molecule has 1 nitrogen and oxygen atoms in total. The SMILES string of the molecule is CCCN(C)c1ccc(C2=CC(C)=CCC2)cc1. The molecule has 1 aromatic rings. The maximum absolute atomic E-state index is 2.31. The van der Waals surface area contributed by atoms with Crippen LogP contribution in [0, 0.1) is 0 Å². The van der Waals surface area contributed by atoms with Crippen LogP contribution in [-0.2, 0) is 0 Å². The van der Waals surface area contributed by atoms with Crippen molar-refractivity contribution in [2.24, 2.45) is 0 Å². The molecule has 1 aliphatic rings. The summed E-state index contributed by atoms with van der Waals surface area (Å²) >= 11 is 0. The molecule has 0 N–H and O–H groups in total. The van der Waals surface area contributed by atoms with Crippen LogP contribution in [0.5, 0.6) is 0 Å². The summed E-state index contributed by atoms with van der Waals surface area (Å²) < 4.78 is 0. The Morgan fingerprint density at radius 2 is 1.89 bits per heavy atom. The third-order valence-corrected chi connectivity index (χ3v) is 3.52. The van der Waals surface area contributed by atoms with Crippen LogP contribution >= 0.6 is 0 Å². The number of benzene rings is 1. The second kappa shape index (κ2) is 5.90. The van der Waals surface area contributed by atoms with E-state index in [9.17, 15) is 0 Å². The summed E-state index contributed by atoms with van der Waals surface area (Å²) in [6, 6.07) is 8.98. The highest BCUT2D eigenvalue weighted by atomic mass is 15.1. The maximum Gasteiger partial charge on any atom is 0.0364 e. The van der Waals surface area contributed by atoms with E-state index in [1.54, 1.807) is 0 Å². The predicted octanol–water partition coefficient (Wildman–Crippen LogP) is 4.66. The minimum atomic E-state index is 1.11. The van der Waals surface area contributed by atoms with E-state index in [0.717, 1.165) is 6.54 Å². The predicted molar refractivity (Wildman–Crippen MR) is 81.0 cm³/mol. The van der Waals surface area contributed by atoms with Crippen LogP contribution in [0.4, 0.5) is 5.69 Å². The molecule has 0 atom stereocenters. The van der Waals surface area contributed by atoms with E-state index in [2.05, 4.69) is 62.2 Å². The molecule has 0 amide bonds. The number of anilines is 1.